The van der Waals surface area contributed by atoms with Crippen LogP contribution in [0.1, 0.15) is 70.3 Å². The van der Waals surface area contributed by atoms with Gasteiger partial charge in [-0.1, -0.05) is 37.6 Å². The minimum Gasteiger partial charge on any atom is -0.481 e. The lowest BCUT2D eigenvalue weighted by Crippen LogP contribution is -2.47. The van der Waals surface area contributed by atoms with Gasteiger partial charge in [0, 0.05) is 5.92 Å². The lowest BCUT2D eigenvalue weighted by Gasteiger charge is -2.40. The number of carbonyl (C=O) groups is 2. The van der Waals surface area contributed by atoms with E-state index in [1.165, 1.54) is 12.1 Å². The van der Waals surface area contributed by atoms with E-state index < -0.39 is 17.5 Å². The highest BCUT2D eigenvalue weighted by Gasteiger charge is 2.52. The van der Waals surface area contributed by atoms with Gasteiger partial charge in [-0.05, 0) is 75.0 Å². The van der Waals surface area contributed by atoms with E-state index in [1.807, 2.05) is 6.92 Å². The van der Waals surface area contributed by atoms with Gasteiger partial charge in [0.25, 0.3) is 0 Å². The third-order valence-electron chi connectivity index (χ3n) is 7.00. The van der Waals surface area contributed by atoms with Crippen molar-refractivity contribution in [2.75, 3.05) is 6.61 Å². The summed E-state index contributed by atoms with van der Waals surface area (Å²) in [5.74, 6) is -1.49. The molecule has 0 radical (unpaired) electrons. The van der Waals surface area contributed by atoms with Crippen LogP contribution in [0.5, 0.6) is 0 Å². The molecule has 4 atom stereocenters. The molecule has 1 N–H and O–H groups in total. The van der Waals surface area contributed by atoms with E-state index in [2.05, 4.69) is 6.58 Å². The second-order valence-electron chi connectivity index (χ2n) is 9.02. The number of hydrogen-bond donors (Lipinski definition) is 1. The van der Waals surface area contributed by atoms with Gasteiger partial charge >= 0.3 is 5.97 Å². The summed E-state index contributed by atoms with van der Waals surface area (Å²) < 4.78 is 19.5. The first-order chi connectivity index (χ1) is 14.3. The SMILES string of the molecule is C=C(C[C@@H](C(=O)O)[C@@H](CCC)c1ccc(F)cc1)[C@@H]1CC[C@@](C(C)=O)(C2CC2)OC1. The highest BCUT2D eigenvalue weighted by Crippen LogP contribution is 2.49. The third-order valence-corrected chi connectivity index (χ3v) is 7.00. The Morgan fingerprint density at radius 1 is 1.27 bits per heavy atom. The van der Waals surface area contributed by atoms with Gasteiger partial charge in [-0.25, -0.2) is 4.39 Å². The standard InChI is InChI=1S/C25H33FO4/c1-4-5-22(18-6-10-21(26)11-7-18)23(24(28)29)14-16(2)19-12-13-25(17(3)27,30-15-19)20-8-9-20/h6-7,10-11,19-20,22-23H,2,4-5,8-9,12-15H2,1,3H3,(H,28,29)/t19-,22+,23-,25-/m1/s1. The number of hydrogen-bond acceptors (Lipinski definition) is 3. The van der Waals surface area contributed by atoms with E-state index >= 15 is 0 Å². The van der Waals surface area contributed by atoms with Gasteiger partial charge in [0.15, 0.2) is 5.78 Å². The Labute approximate surface area is 178 Å². The molecule has 30 heavy (non-hydrogen) atoms. The zero-order valence-corrected chi connectivity index (χ0v) is 18.0. The Bertz CT molecular complexity index is 773. The number of rotatable bonds is 10. The fourth-order valence-corrected chi connectivity index (χ4v) is 5.02. The van der Waals surface area contributed by atoms with E-state index in [0.29, 0.717) is 31.8 Å². The Morgan fingerprint density at radius 3 is 2.40 bits per heavy atom. The van der Waals surface area contributed by atoms with Crippen molar-refractivity contribution in [3.63, 3.8) is 0 Å². The van der Waals surface area contributed by atoms with Crippen LogP contribution in [0.15, 0.2) is 36.4 Å². The molecule has 2 fully saturated rings. The van der Waals surface area contributed by atoms with Gasteiger partial charge in [0.2, 0.25) is 0 Å². The summed E-state index contributed by atoms with van der Waals surface area (Å²) in [6, 6.07) is 6.16. The Balaban J connectivity index is 1.70. The summed E-state index contributed by atoms with van der Waals surface area (Å²) in [7, 11) is 0. The summed E-state index contributed by atoms with van der Waals surface area (Å²) >= 11 is 0. The van der Waals surface area contributed by atoms with Gasteiger partial charge in [0.1, 0.15) is 11.4 Å². The summed E-state index contributed by atoms with van der Waals surface area (Å²) in [5, 5.41) is 9.98. The fourth-order valence-electron chi connectivity index (χ4n) is 5.02. The molecular formula is C25H33FO4. The van der Waals surface area contributed by atoms with E-state index in [0.717, 1.165) is 36.8 Å². The van der Waals surface area contributed by atoms with Crippen LogP contribution in [0.4, 0.5) is 4.39 Å². The summed E-state index contributed by atoms with van der Waals surface area (Å²) in [6.45, 7) is 8.29. The maximum absolute atomic E-state index is 13.4. The van der Waals surface area contributed by atoms with Crippen LogP contribution in [0.25, 0.3) is 0 Å². The quantitative estimate of drug-likeness (QED) is 0.510. The molecule has 1 aromatic rings. The molecule has 0 spiro atoms. The summed E-state index contributed by atoms with van der Waals surface area (Å²) in [4.78, 5) is 24.4. The second kappa shape index (κ2) is 9.42. The molecule has 5 heteroatoms. The fraction of sp³-hybridized carbons (Fsp3) is 0.600. The molecule has 1 heterocycles. The van der Waals surface area contributed by atoms with Gasteiger partial charge in [-0.15, -0.1) is 0 Å². The van der Waals surface area contributed by atoms with Crippen molar-refractivity contribution < 1.29 is 23.8 Å². The average molecular weight is 417 g/mol. The molecular weight excluding hydrogens is 383 g/mol. The normalized spacial score (nSPS) is 26.0. The first kappa shape index (κ1) is 22.7. The lowest BCUT2D eigenvalue weighted by molar-refractivity contribution is -0.157. The number of carboxylic acid groups (broad SMARTS) is 1. The highest BCUT2D eigenvalue weighted by atomic mass is 19.1. The molecule has 0 unspecified atom stereocenters. The Kier molecular flexibility index (Phi) is 7.12. The zero-order chi connectivity index (χ0) is 21.9. The van der Waals surface area contributed by atoms with Crippen molar-refractivity contribution in [2.24, 2.45) is 17.8 Å². The molecule has 0 bridgehead atoms. The van der Waals surface area contributed by atoms with Crippen LogP contribution in [0.3, 0.4) is 0 Å². The lowest BCUT2D eigenvalue weighted by atomic mass is 9.75. The molecule has 0 aromatic heterocycles. The van der Waals surface area contributed by atoms with E-state index in [-0.39, 0.29) is 23.4 Å². The van der Waals surface area contributed by atoms with E-state index in [1.54, 1.807) is 19.1 Å². The van der Waals surface area contributed by atoms with Crippen LogP contribution in [-0.4, -0.2) is 29.1 Å². The van der Waals surface area contributed by atoms with Crippen LogP contribution in [-0.2, 0) is 14.3 Å². The van der Waals surface area contributed by atoms with Crippen molar-refractivity contribution in [1.82, 2.24) is 0 Å². The molecule has 4 nitrogen and oxygen atoms in total. The first-order valence-electron chi connectivity index (χ1n) is 11.1. The molecule has 164 valence electrons. The highest BCUT2D eigenvalue weighted by molar-refractivity contribution is 5.86. The predicted octanol–water partition coefficient (Wildman–Crippen LogP) is 5.52. The molecule has 1 saturated carbocycles. The number of benzene rings is 1. The summed E-state index contributed by atoms with van der Waals surface area (Å²) in [6.07, 6.45) is 5.49. The first-order valence-corrected chi connectivity index (χ1v) is 11.1. The molecule has 1 saturated heterocycles. The van der Waals surface area contributed by atoms with E-state index in [9.17, 15) is 19.1 Å². The minimum absolute atomic E-state index is 0.0635. The summed E-state index contributed by atoms with van der Waals surface area (Å²) in [5.41, 5.74) is 1.09. The van der Waals surface area contributed by atoms with Crippen molar-refractivity contribution in [2.45, 2.75) is 70.3 Å². The second-order valence-corrected chi connectivity index (χ2v) is 9.02. The largest absolute Gasteiger partial charge is 0.481 e. The maximum Gasteiger partial charge on any atom is 0.307 e. The van der Waals surface area contributed by atoms with Gasteiger partial charge in [-0.2, -0.15) is 0 Å². The monoisotopic (exact) mass is 416 g/mol. The minimum atomic E-state index is -0.855. The smallest absolute Gasteiger partial charge is 0.307 e. The maximum atomic E-state index is 13.4. The number of carbonyl (C=O) groups excluding carboxylic acids is 1. The molecule has 0 amide bonds. The van der Waals surface area contributed by atoms with Gasteiger partial charge in [-0.3, -0.25) is 9.59 Å². The average Bonchev–Trinajstić information content (AvgIpc) is 3.56. The van der Waals surface area contributed by atoms with Crippen LogP contribution in [0.2, 0.25) is 0 Å². The molecule has 1 aliphatic heterocycles. The number of ether oxygens (including phenoxy) is 1. The van der Waals surface area contributed by atoms with Crippen molar-refractivity contribution in [3.05, 3.63) is 47.8 Å². The van der Waals surface area contributed by atoms with Gasteiger partial charge < -0.3 is 9.84 Å². The Hall–Kier alpha value is -2.01. The molecule has 2 aliphatic rings. The Morgan fingerprint density at radius 2 is 1.93 bits per heavy atom. The number of halogens is 1. The number of carboxylic acids is 1. The number of Topliss-reactive ketones (excluding diaryl/α,β-unsaturated/α-hetero) is 1. The third kappa shape index (κ3) is 4.83. The van der Waals surface area contributed by atoms with Gasteiger partial charge in [0.05, 0.1) is 12.5 Å². The van der Waals surface area contributed by atoms with E-state index in [4.69, 9.17) is 4.74 Å². The topological polar surface area (TPSA) is 63.6 Å². The van der Waals surface area contributed by atoms with Crippen molar-refractivity contribution >= 4 is 11.8 Å². The van der Waals surface area contributed by atoms with Crippen LogP contribution < -0.4 is 0 Å². The number of ketones is 1. The predicted molar refractivity (Wildman–Crippen MR) is 114 cm³/mol. The number of aliphatic carboxylic acids is 1. The van der Waals surface area contributed by atoms with Crippen LogP contribution in [0, 0.1) is 23.6 Å². The zero-order valence-electron chi connectivity index (χ0n) is 18.0. The molecule has 1 aliphatic carbocycles. The van der Waals surface area contributed by atoms with Crippen molar-refractivity contribution in [1.29, 1.82) is 0 Å². The van der Waals surface area contributed by atoms with Crippen molar-refractivity contribution in [3.8, 4) is 0 Å². The molecule has 3 rings (SSSR count). The molecule has 1 aromatic carbocycles. The van der Waals surface area contributed by atoms with Crippen LogP contribution >= 0.6 is 0 Å².